The molecular formula is C95H139N21O21S. The number of primary amides is 2. The van der Waals surface area contributed by atoms with Gasteiger partial charge in [0, 0.05) is 106 Å². The summed E-state index contributed by atoms with van der Waals surface area (Å²) >= 11 is 0.791. The minimum Gasteiger partial charge on any atom is -0.508 e. The summed E-state index contributed by atoms with van der Waals surface area (Å²) < 4.78 is 1.46. The Bertz CT molecular complexity index is 5130. The summed E-state index contributed by atoms with van der Waals surface area (Å²) in [6.07, 6.45) is 1.89. The lowest BCUT2D eigenvalue weighted by atomic mass is 9.99. The van der Waals surface area contributed by atoms with Crippen LogP contribution < -0.4 is 75.3 Å². The number of carbonyl (C=O) groups excluding carboxylic acids is 17. The highest BCUT2D eigenvalue weighted by atomic mass is 32.2. The van der Waals surface area contributed by atoms with Crippen LogP contribution in [0.3, 0.4) is 0 Å². The lowest BCUT2D eigenvalue weighted by Gasteiger charge is -2.36. The molecular weight excluding hydrogens is 1800 g/mol. The quantitative estimate of drug-likeness (QED) is 0.0355. The van der Waals surface area contributed by atoms with E-state index < -0.39 is 235 Å². The minimum absolute atomic E-state index is 0.00590. The number of phenols is 1. The molecule has 17 amide bonds. The molecule has 0 radical (unpaired) electrons. The number of para-hydroxylation sites is 2. The molecule has 8 rings (SSSR count). The number of rotatable bonds is 24. The Balaban J connectivity index is 1.26. The van der Waals surface area contributed by atoms with Gasteiger partial charge in [0.2, 0.25) is 100 Å². The van der Waals surface area contributed by atoms with E-state index in [1.807, 2.05) is 13.8 Å². The van der Waals surface area contributed by atoms with Crippen molar-refractivity contribution in [1.82, 2.24) is 97.9 Å². The third-order valence-corrected chi connectivity index (χ3v) is 26.0. The zero-order chi connectivity index (χ0) is 101. The number of aliphatic hydroxyl groups excluding tert-OH is 1. The number of fused-ring (bicyclic) bond motifs is 13. The molecule has 3 saturated heterocycles. The van der Waals surface area contributed by atoms with Gasteiger partial charge in [-0.2, -0.15) is 0 Å². The number of aromatic amines is 1. The first-order chi connectivity index (χ1) is 65.5. The number of aromatic hydroxyl groups is 1. The predicted octanol–water partition coefficient (Wildman–Crippen LogP) is -0.937. The van der Waals surface area contributed by atoms with Gasteiger partial charge in [-0.15, -0.1) is 11.8 Å². The van der Waals surface area contributed by atoms with Gasteiger partial charge in [-0.3, -0.25) is 86.3 Å². The number of nitrogens with two attached hydrogens (primary N) is 2. The lowest BCUT2D eigenvalue weighted by Crippen LogP contribution is -2.62. The van der Waals surface area contributed by atoms with E-state index in [0.29, 0.717) is 77.0 Å². The molecule has 0 unspecified atom stereocenters. The number of hydrogen-bond acceptors (Lipinski definition) is 23. The van der Waals surface area contributed by atoms with Crippen molar-refractivity contribution < 1.29 is 102 Å². The molecule has 138 heavy (non-hydrogen) atoms. The zero-order valence-electron chi connectivity index (χ0n) is 80.7. The average Bonchev–Trinajstić information content (AvgIpc) is 1.64. The molecule has 0 spiro atoms. The van der Waals surface area contributed by atoms with Crippen LogP contribution in [0.25, 0.3) is 21.8 Å². The first-order valence-corrected chi connectivity index (χ1v) is 48.5. The van der Waals surface area contributed by atoms with Crippen LogP contribution in [0.15, 0.2) is 85.2 Å². The number of phenolic OH excluding ortho intramolecular Hbond substituents is 1. The van der Waals surface area contributed by atoms with Gasteiger partial charge in [-0.25, -0.2) is 0 Å². The molecule has 0 aliphatic carbocycles. The van der Waals surface area contributed by atoms with Crippen molar-refractivity contribution in [3.05, 3.63) is 102 Å². The van der Waals surface area contributed by atoms with E-state index in [1.54, 1.807) is 82.4 Å². The highest BCUT2D eigenvalue weighted by Gasteiger charge is 2.46. The first kappa shape index (κ1) is 111. The van der Waals surface area contributed by atoms with Crippen molar-refractivity contribution in [3.63, 3.8) is 0 Å². The first-order valence-electron chi connectivity index (χ1n) is 47.3. The summed E-state index contributed by atoms with van der Waals surface area (Å²) in [7, 11) is 3.96. The Kier molecular flexibility index (Phi) is 42.6. The van der Waals surface area contributed by atoms with Gasteiger partial charge in [0.15, 0.2) is 0 Å². The summed E-state index contributed by atoms with van der Waals surface area (Å²) in [5.74, 6) is -18.5. The summed E-state index contributed by atoms with van der Waals surface area (Å²) in [5.41, 5.74) is 13.6. The number of unbranched alkanes of at least 4 members (excludes halogenated alkanes) is 2. The van der Waals surface area contributed by atoms with E-state index in [1.165, 1.54) is 86.7 Å². The number of benzene rings is 3. The van der Waals surface area contributed by atoms with Gasteiger partial charge in [-0.05, 0) is 138 Å². The molecule has 42 nitrogen and oxygen atoms in total. The van der Waals surface area contributed by atoms with Gasteiger partial charge >= 0.3 is 5.97 Å². The summed E-state index contributed by atoms with van der Waals surface area (Å²) in [5, 5.41) is 66.9. The van der Waals surface area contributed by atoms with Crippen molar-refractivity contribution >= 4 is 140 Å². The molecule has 0 saturated carbocycles. The van der Waals surface area contributed by atoms with Crippen LogP contribution in [0.5, 0.6) is 5.75 Å². The molecule has 20 N–H and O–H groups in total. The van der Waals surface area contributed by atoms with Gasteiger partial charge in [0.05, 0.1) is 24.8 Å². The van der Waals surface area contributed by atoms with Crippen molar-refractivity contribution in [2.24, 2.45) is 23.3 Å². The molecule has 2 bridgehead atoms. The van der Waals surface area contributed by atoms with Crippen LogP contribution in [0.4, 0.5) is 0 Å². The molecule has 756 valence electrons. The number of amides is 17. The van der Waals surface area contributed by atoms with Gasteiger partial charge in [0.25, 0.3) is 0 Å². The number of carboxylic acids is 1. The van der Waals surface area contributed by atoms with E-state index in [4.69, 9.17) is 11.5 Å². The number of aromatic nitrogens is 2. The van der Waals surface area contributed by atoms with Gasteiger partial charge < -0.3 is 125 Å². The van der Waals surface area contributed by atoms with E-state index in [2.05, 4.69) is 68.8 Å². The number of carboxylic acid groups (broad SMARTS) is 1. The van der Waals surface area contributed by atoms with Crippen molar-refractivity contribution in [2.75, 3.05) is 78.5 Å². The maximum atomic E-state index is 16.2. The fourth-order valence-corrected chi connectivity index (χ4v) is 18.1. The van der Waals surface area contributed by atoms with Crippen LogP contribution in [0.2, 0.25) is 0 Å². The fraction of sp³-hybridized carbons (Fsp3) is 0.579. The van der Waals surface area contributed by atoms with Crippen LogP contribution in [0.1, 0.15) is 162 Å². The Morgan fingerprint density at radius 2 is 1.11 bits per heavy atom. The maximum absolute atomic E-state index is 16.2. The van der Waals surface area contributed by atoms with Crippen LogP contribution in [-0.4, -0.2) is 325 Å². The SMILES string of the molecule is CCCC[C@H]1C(=O)N(C)[C@@H](CCCC)C(=O)N[C@@H](CC(C)C)C(=O)N[C@H](C(=O)NCC(N)=O)CSCC(=O)N[C@@H](Cc2ccc(O)cc2)C(=O)N(C)[C@@H](C)C(=O)N[C@@H](CC(N)=O)C(=O)N(CC)[C@@H](C)C(=O)N[C@H]2CNCCCCNCC[C@H](NC(=O)[C@H](Cc3c[nH]c4ccccc34)NC(=O)[C@@H]3C[C@@H](O)CN3C(=O)[C@H](CC(C)C)NC2=O)C(=O)N[C@@H](Cc2cn(CC(=O)O)c3ccccc23)C(=O)N1C. The molecule has 2 aromatic heterocycles. The fourth-order valence-electron chi connectivity index (χ4n) is 17.2. The maximum Gasteiger partial charge on any atom is 0.323 e. The average molecular weight is 1940 g/mol. The second-order valence-electron chi connectivity index (χ2n) is 36.6. The monoisotopic (exact) mass is 1940 g/mol. The summed E-state index contributed by atoms with van der Waals surface area (Å²) in [6.45, 7) is 13.1. The van der Waals surface area contributed by atoms with Crippen LogP contribution >= 0.6 is 11.8 Å². The normalized spacial score (nSPS) is 25.1. The lowest BCUT2D eigenvalue weighted by molar-refractivity contribution is -0.149. The number of aliphatic hydroxyl groups is 1. The smallest absolute Gasteiger partial charge is 0.323 e. The molecule has 5 aromatic rings. The Morgan fingerprint density at radius 3 is 1.76 bits per heavy atom. The Hall–Kier alpha value is -12.8. The van der Waals surface area contributed by atoms with Crippen molar-refractivity contribution in [1.29, 1.82) is 0 Å². The second-order valence-corrected chi connectivity index (χ2v) is 37.6. The van der Waals surface area contributed by atoms with Crippen molar-refractivity contribution in [3.8, 4) is 5.75 Å². The molecule has 3 fully saturated rings. The standard InChI is InChI=1S/C95H139N21O21S/c1-13-16-27-75-89(131)104-66(38-53(4)5)86(128)110-73(84(126)101-47-79(97)120)51-138-52-80(121)102-69(40-57-30-32-60(117)33-31-57)91(133)111(10)55(8)82(124)106-71(44-78(96)119)93(135)115(15-3)56(9)83(125)109-72-46-99-36-23-22-35-98-37-34-65(85(127)108-70(92(134)113(12)76(28-17-14-2)95(137)112(75)11)42-59-48-114(50-81(122)123)74-29-21-19-25-63(59)74)103-87(129)67(41-58-45-100-64-26-20-18-24-62(58)64)105-90(132)77-43-61(118)49-116(77)94(136)68(39-54(6)7)107-88(72)130/h18-21,24-26,29-33,45,48,53-56,61,65-73,75-77,98-100,117-118H,13-17,22-23,27-28,34-44,46-47,49-52H2,1-12H3,(H2,96,119)(H2,97,120)(H,101,126)(H,102,121)(H,103,129)(H,104,131)(H,105,132)(H,106,124)(H,107,130)(H,108,127)(H,109,125)(H,110,128)(H,122,123)/t55-,56-,61+,65-,66-,67-,68-,69-,70-,71-,72-,73-,75-,76-,77-/m0/s1. The number of nitrogens with zero attached hydrogens (tertiary/aromatic N) is 6. The van der Waals surface area contributed by atoms with E-state index in [0.717, 1.165) is 26.5 Å². The van der Waals surface area contributed by atoms with Crippen LogP contribution in [-0.2, 0) is 112 Å². The van der Waals surface area contributed by atoms with E-state index >= 15 is 38.4 Å². The Morgan fingerprint density at radius 1 is 0.543 bits per heavy atom. The summed E-state index contributed by atoms with van der Waals surface area (Å²) in [6, 6.07) is -1.92. The molecule has 15 atom stereocenters. The van der Waals surface area contributed by atoms with Gasteiger partial charge in [0.1, 0.15) is 96.9 Å². The Labute approximate surface area is 807 Å². The number of likely N-dealkylation sites (N-methyl/N-ethyl adjacent to an activating group) is 4. The van der Waals surface area contributed by atoms with Crippen LogP contribution in [0, 0.1) is 11.8 Å². The molecule has 3 aliphatic heterocycles. The highest BCUT2D eigenvalue weighted by molar-refractivity contribution is 8.00. The largest absolute Gasteiger partial charge is 0.508 e. The minimum atomic E-state index is -1.81. The molecule has 3 aromatic carbocycles. The second kappa shape index (κ2) is 53.2. The third-order valence-electron chi connectivity index (χ3n) is 24.9. The van der Waals surface area contributed by atoms with E-state index in [-0.39, 0.29) is 108 Å². The highest BCUT2D eigenvalue weighted by Crippen LogP contribution is 2.29. The number of carbonyl (C=O) groups is 18. The zero-order valence-corrected chi connectivity index (χ0v) is 81.5. The van der Waals surface area contributed by atoms with Crippen molar-refractivity contribution in [2.45, 2.75) is 262 Å². The molecule has 5 heterocycles. The summed E-state index contributed by atoms with van der Waals surface area (Å²) in [4.78, 5) is 274. The number of thioether (sulfide) groups is 1. The van der Waals surface area contributed by atoms with E-state index in [9.17, 15) is 63.3 Å². The van der Waals surface area contributed by atoms with Gasteiger partial charge in [-0.1, -0.05) is 116 Å². The number of H-pyrrole nitrogens is 1. The number of aliphatic carboxylic acids is 1. The topological polar surface area (TPSA) is 601 Å². The number of nitrogens with one attached hydrogen (secondary N) is 13. The third kappa shape index (κ3) is 31.6. The number of hydrogen-bond donors (Lipinski definition) is 18. The molecule has 3 aliphatic rings. The molecule has 43 heteroatoms. The predicted molar refractivity (Wildman–Crippen MR) is 514 cm³/mol.